The van der Waals surface area contributed by atoms with Crippen LogP contribution in [0.4, 0.5) is 0 Å². The highest BCUT2D eigenvalue weighted by molar-refractivity contribution is 7.80. The number of rotatable bonds is 10. The molecule has 0 unspecified atom stereocenters. The summed E-state index contributed by atoms with van der Waals surface area (Å²) in [7, 11) is 0. The van der Waals surface area contributed by atoms with Crippen molar-refractivity contribution >= 4 is 17.3 Å². The van der Waals surface area contributed by atoms with Crippen LogP contribution in [0.1, 0.15) is 57.4 Å². The fourth-order valence-corrected chi connectivity index (χ4v) is 2.22. The molecule has 0 aromatic heterocycles. The zero-order chi connectivity index (χ0) is 13.8. The van der Waals surface area contributed by atoms with E-state index in [0.29, 0.717) is 0 Å². The molecule has 0 spiro atoms. The molecule has 106 valence electrons. The van der Waals surface area contributed by atoms with Crippen LogP contribution in [0.25, 0.3) is 0 Å². The number of thiocarbonyl (C=S) groups is 1. The monoisotopic (exact) mass is 278 g/mol. The topological polar surface area (TPSA) is 9.23 Å². The van der Waals surface area contributed by atoms with Gasteiger partial charge in [-0.1, -0.05) is 69.4 Å². The van der Waals surface area contributed by atoms with Crippen LogP contribution >= 0.6 is 12.2 Å². The predicted octanol–water partition coefficient (Wildman–Crippen LogP) is 5.32. The van der Waals surface area contributed by atoms with Crippen molar-refractivity contribution in [1.82, 2.24) is 0 Å². The van der Waals surface area contributed by atoms with Crippen molar-refractivity contribution in [2.45, 2.75) is 58.3 Å². The van der Waals surface area contributed by atoms with E-state index in [1.54, 1.807) is 0 Å². The Kier molecular flexibility index (Phi) is 9.34. The van der Waals surface area contributed by atoms with Gasteiger partial charge in [-0.2, -0.15) is 0 Å². The van der Waals surface area contributed by atoms with Crippen LogP contribution in [0, 0.1) is 0 Å². The number of aryl methyl sites for hydroxylation is 1. The van der Waals surface area contributed by atoms with Crippen molar-refractivity contribution in [2.75, 3.05) is 6.61 Å². The van der Waals surface area contributed by atoms with E-state index in [4.69, 9.17) is 17.0 Å². The lowest BCUT2D eigenvalue weighted by Gasteiger charge is -2.07. The quantitative estimate of drug-likeness (QED) is 0.423. The third-order valence-electron chi connectivity index (χ3n) is 3.22. The van der Waals surface area contributed by atoms with E-state index in [9.17, 15) is 0 Å². The molecule has 0 N–H and O–H groups in total. The Morgan fingerprint density at radius 1 is 1.00 bits per heavy atom. The third kappa shape index (κ3) is 8.77. The molecule has 0 amide bonds. The van der Waals surface area contributed by atoms with Crippen LogP contribution in [0.2, 0.25) is 0 Å². The molecule has 0 radical (unpaired) electrons. The molecule has 0 aliphatic heterocycles. The van der Waals surface area contributed by atoms with E-state index in [-0.39, 0.29) is 0 Å². The van der Waals surface area contributed by atoms with Crippen molar-refractivity contribution in [3.8, 4) is 0 Å². The highest BCUT2D eigenvalue weighted by Crippen LogP contribution is 2.07. The maximum atomic E-state index is 5.60. The van der Waals surface area contributed by atoms with Crippen LogP contribution in [0.3, 0.4) is 0 Å². The first-order valence-electron chi connectivity index (χ1n) is 7.52. The number of hydrogen-bond acceptors (Lipinski definition) is 2. The minimum absolute atomic E-state index is 0.761. The second-order valence-electron chi connectivity index (χ2n) is 4.97. The van der Waals surface area contributed by atoms with E-state index in [0.717, 1.165) is 30.9 Å². The van der Waals surface area contributed by atoms with Gasteiger partial charge in [0.1, 0.15) is 0 Å². The molecule has 1 rings (SSSR count). The summed E-state index contributed by atoms with van der Waals surface area (Å²) < 4.78 is 5.60. The maximum Gasteiger partial charge on any atom is 0.159 e. The Balaban J connectivity index is 1.96. The highest BCUT2D eigenvalue weighted by Gasteiger charge is 1.99. The Bertz CT molecular complexity index is 334. The summed E-state index contributed by atoms with van der Waals surface area (Å²) >= 11 is 5.25. The lowest BCUT2D eigenvalue weighted by Crippen LogP contribution is -2.04. The Hall–Kier alpha value is -0.890. The van der Waals surface area contributed by atoms with Crippen LogP contribution in [-0.2, 0) is 11.2 Å². The molecule has 0 saturated heterocycles. The SMILES string of the molecule is CCCCCCCCOC(=S)CCc1ccccc1. The fraction of sp³-hybridized carbons (Fsp3) is 0.588. The molecule has 0 bridgehead atoms. The Labute approximate surface area is 123 Å². The van der Waals surface area contributed by atoms with E-state index in [2.05, 4.69) is 31.2 Å². The molecule has 2 heteroatoms. The van der Waals surface area contributed by atoms with Gasteiger partial charge in [0, 0.05) is 6.42 Å². The molecule has 0 aliphatic carbocycles. The van der Waals surface area contributed by atoms with E-state index >= 15 is 0 Å². The van der Waals surface area contributed by atoms with Gasteiger partial charge >= 0.3 is 0 Å². The van der Waals surface area contributed by atoms with Crippen LogP contribution in [-0.4, -0.2) is 11.7 Å². The maximum absolute atomic E-state index is 5.60. The third-order valence-corrected chi connectivity index (χ3v) is 3.54. The summed E-state index contributed by atoms with van der Waals surface area (Å²) in [6.45, 7) is 3.04. The summed E-state index contributed by atoms with van der Waals surface area (Å²) in [5.41, 5.74) is 1.33. The van der Waals surface area contributed by atoms with Crippen LogP contribution < -0.4 is 0 Å². The zero-order valence-electron chi connectivity index (χ0n) is 12.1. The van der Waals surface area contributed by atoms with Gasteiger partial charge in [0.15, 0.2) is 5.05 Å². The molecule has 1 aromatic carbocycles. The molecule has 0 aliphatic rings. The Morgan fingerprint density at radius 2 is 1.68 bits per heavy atom. The predicted molar refractivity (Wildman–Crippen MR) is 86.7 cm³/mol. The van der Waals surface area contributed by atoms with Gasteiger partial charge in [-0.05, 0) is 30.6 Å². The van der Waals surface area contributed by atoms with Gasteiger partial charge in [0.2, 0.25) is 0 Å². The first-order valence-corrected chi connectivity index (χ1v) is 7.93. The summed E-state index contributed by atoms with van der Waals surface area (Å²) in [4.78, 5) is 0. The summed E-state index contributed by atoms with van der Waals surface area (Å²) in [5.74, 6) is 0. The average molecular weight is 278 g/mol. The van der Waals surface area contributed by atoms with Gasteiger partial charge in [0.05, 0.1) is 6.61 Å². The molecule has 1 nitrogen and oxygen atoms in total. The second kappa shape index (κ2) is 11.0. The molecule has 0 heterocycles. The standard InChI is InChI=1S/C17H26OS/c1-2-3-4-5-6-10-15-18-17(19)14-13-16-11-8-7-9-12-16/h7-9,11-12H,2-6,10,13-15H2,1H3. The van der Waals surface area contributed by atoms with Crippen molar-refractivity contribution in [3.63, 3.8) is 0 Å². The van der Waals surface area contributed by atoms with Crippen molar-refractivity contribution in [2.24, 2.45) is 0 Å². The highest BCUT2D eigenvalue weighted by atomic mass is 32.1. The molecule has 19 heavy (non-hydrogen) atoms. The number of benzene rings is 1. The van der Waals surface area contributed by atoms with Crippen molar-refractivity contribution in [3.05, 3.63) is 35.9 Å². The molecular weight excluding hydrogens is 252 g/mol. The van der Waals surface area contributed by atoms with Gasteiger partial charge in [-0.15, -0.1) is 0 Å². The van der Waals surface area contributed by atoms with Crippen molar-refractivity contribution < 1.29 is 4.74 Å². The van der Waals surface area contributed by atoms with Gasteiger partial charge in [0.25, 0.3) is 0 Å². The van der Waals surface area contributed by atoms with E-state index in [1.807, 2.05) is 6.07 Å². The Morgan fingerprint density at radius 3 is 2.42 bits per heavy atom. The first-order chi connectivity index (χ1) is 9.33. The number of unbranched alkanes of at least 4 members (excludes halogenated alkanes) is 5. The first kappa shape index (κ1) is 16.2. The van der Waals surface area contributed by atoms with Gasteiger partial charge in [-0.25, -0.2) is 0 Å². The molecule has 0 saturated carbocycles. The lowest BCUT2D eigenvalue weighted by molar-refractivity contribution is 0.292. The van der Waals surface area contributed by atoms with Crippen LogP contribution in [0.15, 0.2) is 30.3 Å². The molecular formula is C17H26OS. The van der Waals surface area contributed by atoms with E-state index in [1.165, 1.54) is 37.7 Å². The largest absolute Gasteiger partial charge is 0.487 e. The fourth-order valence-electron chi connectivity index (χ4n) is 2.03. The minimum Gasteiger partial charge on any atom is -0.487 e. The average Bonchev–Trinajstić information content (AvgIpc) is 2.45. The molecule has 1 aromatic rings. The minimum atomic E-state index is 0.761. The number of ether oxygens (including phenoxy) is 1. The van der Waals surface area contributed by atoms with Crippen LogP contribution in [0.5, 0.6) is 0 Å². The van der Waals surface area contributed by atoms with Crippen molar-refractivity contribution in [1.29, 1.82) is 0 Å². The molecule has 0 atom stereocenters. The number of hydrogen-bond donors (Lipinski definition) is 0. The summed E-state index contributed by atoms with van der Waals surface area (Å²) in [6.07, 6.45) is 9.58. The van der Waals surface area contributed by atoms with E-state index < -0.39 is 0 Å². The normalized spacial score (nSPS) is 10.4. The summed E-state index contributed by atoms with van der Waals surface area (Å²) in [5, 5.41) is 0.761. The smallest absolute Gasteiger partial charge is 0.159 e. The molecule has 0 fully saturated rings. The lowest BCUT2D eigenvalue weighted by atomic mass is 10.1. The van der Waals surface area contributed by atoms with Gasteiger partial charge < -0.3 is 4.74 Å². The zero-order valence-corrected chi connectivity index (χ0v) is 12.9. The summed E-state index contributed by atoms with van der Waals surface area (Å²) in [6, 6.07) is 10.4. The second-order valence-corrected chi connectivity index (χ2v) is 5.43. The van der Waals surface area contributed by atoms with Gasteiger partial charge in [-0.3, -0.25) is 0 Å².